The molecule has 6 heteroatoms. The number of hydrogen-bond acceptors (Lipinski definition) is 5. The lowest BCUT2D eigenvalue weighted by Crippen LogP contribution is -2.45. The number of allylic oxidation sites excluding steroid dienone is 1. The van der Waals surface area contributed by atoms with Crippen LogP contribution in [0.1, 0.15) is 431 Å². The maximum Gasteiger partial charge on any atom is 0.305 e. The maximum absolute atomic E-state index is 12.5. The molecule has 2 unspecified atom stereocenters. The van der Waals surface area contributed by atoms with Gasteiger partial charge in [-0.25, -0.2) is 0 Å². The zero-order valence-corrected chi connectivity index (χ0v) is 55.3. The standard InChI is InChI=1S/C75H147NO5/c1-3-5-7-9-11-13-15-44-47-51-55-59-63-67-73(78)72(71-77)76-74(79)68-64-60-56-52-48-45-42-40-38-36-34-32-30-28-26-24-22-20-18-17-19-21-23-25-27-29-31-33-35-37-39-41-43-46-50-54-58-62-66-70-81-75(80)69-65-61-57-53-49-16-14-12-10-8-6-4-2/h63,67,72-73,77-78H,3-62,64-66,68-71H2,1-2H3,(H,76,79)/b67-63+. The van der Waals surface area contributed by atoms with Crippen LogP contribution in [0, 0.1) is 0 Å². The van der Waals surface area contributed by atoms with Gasteiger partial charge in [0.05, 0.1) is 25.4 Å². The van der Waals surface area contributed by atoms with E-state index in [1.54, 1.807) is 6.08 Å². The number of amides is 1. The second-order valence-corrected chi connectivity index (χ2v) is 26.0. The predicted octanol–water partition coefficient (Wildman–Crippen LogP) is 24.3. The van der Waals surface area contributed by atoms with E-state index >= 15 is 0 Å². The van der Waals surface area contributed by atoms with Gasteiger partial charge in [0.2, 0.25) is 5.91 Å². The second-order valence-electron chi connectivity index (χ2n) is 26.0. The van der Waals surface area contributed by atoms with Gasteiger partial charge in [-0.3, -0.25) is 9.59 Å². The van der Waals surface area contributed by atoms with E-state index in [0.29, 0.717) is 19.4 Å². The number of ether oxygens (including phenoxy) is 1. The first-order valence-electron chi connectivity index (χ1n) is 37.5. The Morgan fingerprint density at radius 3 is 0.840 bits per heavy atom. The maximum atomic E-state index is 12.5. The van der Waals surface area contributed by atoms with Crippen LogP contribution in [0.4, 0.5) is 0 Å². The van der Waals surface area contributed by atoms with Crippen molar-refractivity contribution >= 4 is 11.9 Å². The zero-order chi connectivity index (χ0) is 58.5. The van der Waals surface area contributed by atoms with E-state index in [2.05, 4.69) is 19.2 Å². The lowest BCUT2D eigenvalue weighted by Gasteiger charge is -2.20. The van der Waals surface area contributed by atoms with Crippen LogP contribution in [0.5, 0.6) is 0 Å². The van der Waals surface area contributed by atoms with E-state index in [0.717, 1.165) is 38.5 Å². The number of aliphatic hydroxyl groups excluding tert-OH is 2. The smallest absolute Gasteiger partial charge is 0.305 e. The molecule has 0 radical (unpaired) electrons. The normalized spacial score (nSPS) is 12.5. The molecule has 2 atom stereocenters. The summed E-state index contributed by atoms with van der Waals surface area (Å²) in [6.07, 6.45) is 89.1. The van der Waals surface area contributed by atoms with Gasteiger partial charge in [-0.05, 0) is 32.1 Å². The molecule has 0 fully saturated rings. The molecule has 0 aliphatic carbocycles. The minimum atomic E-state index is -0.838. The fourth-order valence-electron chi connectivity index (χ4n) is 12.1. The first-order valence-corrected chi connectivity index (χ1v) is 37.5. The van der Waals surface area contributed by atoms with Gasteiger partial charge in [-0.15, -0.1) is 0 Å². The molecule has 0 aromatic carbocycles. The monoisotopic (exact) mass is 1140 g/mol. The Balaban J connectivity index is 3.28. The predicted molar refractivity (Wildman–Crippen MR) is 357 cm³/mol. The highest BCUT2D eigenvalue weighted by atomic mass is 16.5. The summed E-state index contributed by atoms with van der Waals surface area (Å²) in [5.74, 6) is -0.0342. The van der Waals surface area contributed by atoms with E-state index in [-0.39, 0.29) is 18.5 Å². The lowest BCUT2D eigenvalue weighted by atomic mass is 10.0. The third-order valence-electron chi connectivity index (χ3n) is 17.8. The fourth-order valence-corrected chi connectivity index (χ4v) is 12.1. The van der Waals surface area contributed by atoms with Gasteiger partial charge in [-0.2, -0.15) is 0 Å². The third-order valence-corrected chi connectivity index (χ3v) is 17.8. The van der Waals surface area contributed by atoms with E-state index in [1.807, 2.05) is 6.08 Å². The van der Waals surface area contributed by atoms with Crippen molar-refractivity contribution in [2.75, 3.05) is 13.2 Å². The summed E-state index contributed by atoms with van der Waals surface area (Å²) in [6, 6.07) is -0.621. The number of esters is 1. The molecule has 6 nitrogen and oxygen atoms in total. The molecule has 0 rings (SSSR count). The minimum Gasteiger partial charge on any atom is -0.466 e. The quantitative estimate of drug-likeness (QED) is 0.0320. The molecule has 0 aromatic rings. The van der Waals surface area contributed by atoms with Crippen molar-refractivity contribution in [1.82, 2.24) is 5.32 Å². The van der Waals surface area contributed by atoms with Crippen molar-refractivity contribution in [3.05, 3.63) is 12.2 Å². The van der Waals surface area contributed by atoms with Crippen LogP contribution in [0.2, 0.25) is 0 Å². The van der Waals surface area contributed by atoms with Gasteiger partial charge < -0.3 is 20.3 Å². The number of hydrogen-bond donors (Lipinski definition) is 3. The van der Waals surface area contributed by atoms with Crippen LogP contribution in [0.15, 0.2) is 12.2 Å². The fraction of sp³-hybridized carbons (Fsp3) is 0.947. The summed E-state index contributed by atoms with van der Waals surface area (Å²) in [5, 5.41) is 23.1. The van der Waals surface area contributed by atoms with Crippen LogP contribution < -0.4 is 5.32 Å². The van der Waals surface area contributed by atoms with Crippen molar-refractivity contribution in [3.63, 3.8) is 0 Å². The molecule has 0 spiro atoms. The number of rotatable bonds is 71. The first kappa shape index (κ1) is 79.6. The van der Waals surface area contributed by atoms with E-state index in [9.17, 15) is 19.8 Å². The highest BCUT2D eigenvalue weighted by Crippen LogP contribution is 2.20. The van der Waals surface area contributed by atoms with Crippen molar-refractivity contribution in [3.8, 4) is 0 Å². The van der Waals surface area contributed by atoms with Crippen molar-refractivity contribution < 1.29 is 24.5 Å². The van der Waals surface area contributed by atoms with Crippen LogP contribution in [-0.4, -0.2) is 47.4 Å². The van der Waals surface area contributed by atoms with Gasteiger partial charge in [0.25, 0.3) is 0 Å². The topological polar surface area (TPSA) is 95.9 Å². The van der Waals surface area contributed by atoms with E-state index in [1.165, 1.54) is 366 Å². The van der Waals surface area contributed by atoms with Gasteiger partial charge >= 0.3 is 5.97 Å². The SMILES string of the molecule is CCCCCCCCCCCCC/C=C/C(O)C(CO)NC(=O)CCCCCCCCCCCCCCCCCCCCCCCCCCCCCCCCCCCCCCCCCOC(=O)CCCCCCCCCCCCCC. The van der Waals surface area contributed by atoms with Crippen LogP contribution >= 0.6 is 0 Å². The average molecular weight is 1140 g/mol. The summed E-state index contributed by atoms with van der Waals surface area (Å²) in [5.41, 5.74) is 0. The molecule has 81 heavy (non-hydrogen) atoms. The molecule has 0 heterocycles. The largest absolute Gasteiger partial charge is 0.466 e. The van der Waals surface area contributed by atoms with Crippen LogP contribution in [0.3, 0.4) is 0 Å². The zero-order valence-electron chi connectivity index (χ0n) is 55.3. The molecular weight excluding hydrogens is 995 g/mol. The first-order chi connectivity index (χ1) is 40.0. The summed E-state index contributed by atoms with van der Waals surface area (Å²) in [7, 11) is 0. The second kappa shape index (κ2) is 71.1. The van der Waals surface area contributed by atoms with Crippen molar-refractivity contribution in [2.45, 2.75) is 443 Å². The Bertz CT molecular complexity index is 1220. The van der Waals surface area contributed by atoms with Crippen LogP contribution in [-0.2, 0) is 14.3 Å². The lowest BCUT2D eigenvalue weighted by molar-refractivity contribution is -0.143. The Morgan fingerprint density at radius 2 is 0.568 bits per heavy atom. The molecule has 0 aliphatic rings. The molecule has 0 aliphatic heterocycles. The third kappa shape index (κ3) is 67.6. The Morgan fingerprint density at radius 1 is 0.333 bits per heavy atom. The molecular formula is C75H147NO5. The minimum absolute atomic E-state index is 0.0254. The number of aliphatic hydroxyl groups is 2. The highest BCUT2D eigenvalue weighted by Gasteiger charge is 2.18. The van der Waals surface area contributed by atoms with Crippen molar-refractivity contribution in [2.24, 2.45) is 0 Å². The molecule has 0 aromatic heterocycles. The van der Waals surface area contributed by atoms with Crippen LogP contribution in [0.25, 0.3) is 0 Å². The van der Waals surface area contributed by atoms with E-state index in [4.69, 9.17) is 4.74 Å². The summed E-state index contributed by atoms with van der Waals surface area (Å²) >= 11 is 0. The number of nitrogens with one attached hydrogen (secondary N) is 1. The molecule has 0 bridgehead atoms. The number of carbonyl (C=O) groups is 2. The Hall–Kier alpha value is -1.40. The number of carbonyl (C=O) groups excluding carboxylic acids is 2. The van der Waals surface area contributed by atoms with Gasteiger partial charge in [0, 0.05) is 12.8 Å². The Labute approximate surface area is 508 Å². The summed E-state index contributed by atoms with van der Waals surface area (Å²) in [4.78, 5) is 24.5. The van der Waals surface area contributed by atoms with Gasteiger partial charge in [0.1, 0.15) is 0 Å². The molecule has 482 valence electrons. The van der Waals surface area contributed by atoms with Crippen molar-refractivity contribution in [1.29, 1.82) is 0 Å². The molecule has 3 N–H and O–H groups in total. The average Bonchev–Trinajstić information content (AvgIpc) is 3.47. The van der Waals surface area contributed by atoms with Gasteiger partial charge in [-0.1, -0.05) is 398 Å². The summed E-state index contributed by atoms with van der Waals surface area (Å²) < 4.78 is 5.49. The highest BCUT2D eigenvalue weighted by molar-refractivity contribution is 5.76. The molecule has 0 saturated heterocycles. The summed E-state index contributed by atoms with van der Waals surface area (Å²) in [6.45, 7) is 4.94. The molecule has 0 saturated carbocycles. The molecule has 1 amide bonds. The van der Waals surface area contributed by atoms with E-state index < -0.39 is 12.1 Å². The number of unbranched alkanes of at least 4 members (excludes halogenated alkanes) is 60. The Kier molecular flexibility index (Phi) is 69.9. The van der Waals surface area contributed by atoms with Gasteiger partial charge in [0.15, 0.2) is 0 Å².